The third kappa shape index (κ3) is 2.64. The summed E-state index contributed by atoms with van der Waals surface area (Å²) in [6.07, 6.45) is 4.83. The summed E-state index contributed by atoms with van der Waals surface area (Å²) in [7, 11) is 1.89. The third-order valence-electron chi connectivity index (χ3n) is 3.75. The minimum atomic E-state index is -0.151. The quantitative estimate of drug-likeness (QED) is 0.771. The lowest BCUT2D eigenvalue weighted by molar-refractivity contribution is 0.0668. The van der Waals surface area contributed by atoms with E-state index in [1.807, 2.05) is 11.9 Å². The second-order valence-electron chi connectivity index (χ2n) is 5.58. The van der Waals surface area contributed by atoms with E-state index < -0.39 is 0 Å². The number of nitrogens with zero attached hydrogens (tertiary/aromatic N) is 1. The number of carbonyl (C=O) groups is 1. The Balaban J connectivity index is 2.21. The molecule has 0 unspecified atom stereocenters. The highest BCUT2D eigenvalue weighted by atomic mass is 79.9. The molecule has 0 bridgehead atoms. The lowest BCUT2D eigenvalue weighted by Crippen LogP contribution is -2.46. The van der Waals surface area contributed by atoms with Gasteiger partial charge in [0.2, 0.25) is 0 Å². The second kappa shape index (κ2) is 5.33. The van der Waals surface area contributed by atoms with E-state index in [4.69, 9.17) is 0 Å². The van der Waals surface area contributed by atoms with Crippen molar-refractivity contribution in [1.29, 1.82) is 0 Å². The third-order valence-corrected chi connectivity index (χ3v) is 6.34. The average Bonchev–Trinajstić information content (AvgIpc) is 2.80. The highest BCUT2D eigenvalue weighted by molar-refractivity contribution is 9.09. The summed E-state index contributed by atoms with van der Waals surface area (Å²) in [6.45, 7) is 4.15. The number of amides is 1. The van der Waals surface area contributed by atoms with Crippen molar-refractivity contribution in [3.8, 4) is 0 Å². The van der Waals surface area contributed by atoms with E-state index in [1.54, 1.807) is 11.3 Å². The van der Waals surface area contributed by atoms with Crippen LogP contribution in [0.25, 0.3) is 0 Å². The Morgan fingerprint density at radius 3 is 2.72 bits per heavy atom. The van der Waals surface area contributed by atoms with Gasteiger partial charge in [-0.15, -0.1) is 11.3 Å². The van der Waals surface area contributed by atoms with Crippen molar-refractivity contribution in [2.45, 2.75) is 45.1 Å². The highest BCUT2D eigenvalue weighted by Gasteiger charge is 2.29. The van der Waals surface area contributed by atoms with Crippen LogP contribution in [0.5, 0.6) is 0 Å². The zero-order valence-corrected chi connectivity index (χ0v) is 13.7. The van der Waals surface area contributed by atoms with Crippen LogP contribution in [0.15, 0.2) is 6.07 Å². The fourth-order valence-corrected chi connectivity index (χ4v) is 3.73. The van der Waals surface area contributed by atoms with Crippen LogP contribution in [0.2, 0.25) is 0 Å². The number of rotatable bonds is 3. The van der Waals surface area contributed by atoms with Gasteiger partial charge in [-0.25, -0.2) is 0 Å². The van der Waals surface area contributed by atoms with Crippen molar-refractivity contribution >= 4 is 33.2 Å². The van der Waals surface area contributed by atoms with Crippen molar-refractivity contribution in [2.75, 3.05) is 12.4 Å². The van der Waals surface area contributed by atoms with Crippen LogP contribution in [-0.2, 0) is 12.8 Å². The minimum absolute atomic E-state index is 0.151. The van der Waals surface area contributed by atoms with Crippen molar-refractivity contribution in [2.24, 2.45) is 0 Å². The van der Waals surface area contributed by atoms with E-state index in [9.17, 15) is 4.79 Å². The Labute approximate surface area is 122 Å². The molecule has 18 heavy (non-hydrogen) atoms. The molecule has 4 heteroatoms. The smallest absolute Gasteiger partial charge is 0.264 e. The molecule has 0 fully saturated rings. The van der Waals surface area contributed by atoms with Crippen LogP contribution in [0.3, 0.4) is 0 Å². The zero-order valence-electron chi connectivity index (χ0n) is 11.3. The van der Waals surface area contributed by atoms with Gasteiger partial charge in [0.1, 0.15) is 0 Å². The maximum absolute atomic E-state index is 12.5. The summed E-state index contributed by atoms with van der Waals surface area (Å²) in [5.41, 5.74) is 1.25. The summed E-state index contributed by atoms with van der Waals surface area (Å²) in [5.74, 6) is 0.152. The molecule has 1 aliphatic rings. The molecule has 2 nitrogen and oxygen atoms in total. The Morgan fingerprint density at radius 1 is 1.44 bits per heavy atom. The zero-order chi connectivity index (χ0) is 13.3. The predicted molar refractivity (Wildman–Crippen MR) is 80.9 cm³/mol. The minimum Gasteiger partial charge on any atom is -0.335 e. The van der Waals surface area contributed by atoms with Crippen LogP contribution in [-0.4, -0.2) is 28.7 Å². The average molecular weight is 330 g/mol. The van der Waals surface area contributed by atoms with Gasteiger partial charge in [-0.2, -0.15) is 0 Å². The molecule has 1 heterocycles. The standard InChI is InChI=1S/C14H20BrNOS/c1-14(2,9-15)16(3)13(17)12-8-10-6-4-5-7-11(10)18-12/h8H,4-7,9H2,1-3H3. The molecule has 1 amide bonds. The summed E-state index contributed by atoms with van der Waals surface area (Å²) in [5, 5.41) is 0.785. The van der Waals surface area contributed by atoms with Gasteiger partial charge in [0.05, 0.1) is 4.88 Å². The van der Waals surface area contributed by atoms with E-state index >= 15 is 0 Å². The highest BCUT2D eigenvalue weighted by Crippen LogP contribution is 2.31. The molecular formula is C14H20BrNOS. The first-order valence-corrected chi connectivity index (χ1v) is 8.35. The first kappa shape index (κ1) is 14.1. The van der Waals surface area contributed by atoms with E-state index in [-0.39, 0.29) is 11.4 Å². The molecule has 1 aromatic heterocycles. The van der Waals surface area contributed by atoms with Crippen LogP contribution in [0.4, 0.5) is 0 Å². The number of thiophene rings is 1. The van der Waals surface area contributed by atoms with Crippen LogP contribution in [0, 0.1) is 0 Å². The molecule has 0 aromatic carbocycles. The van der Waals surface area contributed by atoms with Gasteiger partial charge in [0.25, 0.3) is 5.91 Å². The fraction of sp³-hybridized carbons (Fsp3) is 0.643. The lowest BCUT2D eigenvalue weighted by atomic mass is 9.99. The Morgan fingerprint density at radius 2 is 2.11 bits per heavy atom. The summed E-state index contributed by atoms with van der Waals surface area (Å²) >= 11 is 5.17. The number of hydrogen-bond acceptors (Lipinski definition) is 2. The van der Waals surface area contributed by atoms with E-state index in [2.05, 4.69) is 35.8 Å². The molecular weight excluding hydrogens is 310 g/mol. The Kier molecular flexibility index (Phi) is 4.17. The van der Waals surface area contributed by atoms with E-state index in [0.29, 0.717) is 0 Å². The SMILES string of the molecule is CN(C(=O)c1cc2c(s1)CCCC2)C(C)(C)CBr. The predicted octanol–water partition coefficient (Wildman–Crippen LogP) is 3.87. The van der Waals surface area contributed by atoms with Gasteiger partial charge < -0.3 is 4.90 Å². The van der Waals surface area contributed by atoms with Crippen molar-refractivity contribution < 1.29 is 4.79 Å². The van der Waals surface area contributed by atoms with Gasteiger partial charge in [-0.1, -0.05) is 15.9 Å². The number of carbonyl (C=O) groups excluding carboxylic acids is 1. The second-order valence-corrected chi connectivity index (χ2v) is 7.27. The molecule has 0 radical (unpaired) electrons. The van der Waals surface area contributed by atoms with Crippen molar-refractivity contribution in [3.63, 3.8) is 0 Å². The number of hydrogen-bond donors (Lipinski definition) is 0. The Bertz CT molecular complexity index is 429. The van der Waals surface area contributed by atoms with Gasteiger partial charge in [-0.3, -0.25) is 4.79 Å². The summed E-state index contributed by atoms with van der Waals surface area (Å²) < 4.78 is 0. The number of alkyl halides is 1. The number of halogens is 1. The molecule has 0 saturated heterocycles. The fourth-order valence-electron chi connectivity index (χ4n) is 2.13. The molecule has 0 N–H and O–H groups in total. The van der Waals surface area contributed by atoms with Gasteiger partial charge in [0, 0.05) is 22.8 Å². The van der Waals surface area contributed by atoms with E-state index in [0.717, 1.165) is 23.0 Å². The molecule has 1 aromatic rings. The molecule has 2 rings (SSSR count). The normalized spacial score (nSPS) is 15.3. The monoisotopic (exact) mass is 329 g/mol. The van der Waals surface area contributed by atoms with Gasteiger partial charge >= 0.3 is 0 Å². The first-order valence-electron chi connectivity index (χ1n) is 6.41. The summed E-state index contributed by atoms with van der Waals surface area (Å²) in [4.78, 5) is 16.7. The topological polar surface area (TPSA) is 20.3 Å². The first-order chi connectivity index (χ1) is 8.45. The van der Waals surface area contributed by atoms with Crippen LogP contribution in [0.1, 0.15) is 46.8 Å². The Hall–Kier alpha value is -0.350. The molecule has 100 valence electrons. The van der Waals surface area contributed by atoms with Gasteiger partial charge in [-0.05, 0) is 51.2 Å². The van der Waals surface area contributed by atoms with Crippen LogP contribution < -0.4 is 0 Å². The summed E-state index contributed by atoms with van der Waals surface area (Å²) in [6, 6.07) is 2.11. The molecule has 0 saturated carbocycles. The maximum Gasteiger partial charge on any atom is 0.264 e. The van der Waals surface area contributed by atoms with Crippen molar-refractivity contribution in [1.82, 2.24) is 4.90 Å². The van der Waals surface area contributed by atoms with Crippen molar-refractivity contribution in [3.05, 3.63) is 21.4 Å². The lowest BCUT2D eigenvalue weighted by Gasteiger charge is -2.33. The largest absolute Gasteiger partial charge is 0.335 e. The molecule has 1 aliphatic carbocycles. The molecule has 0 aliphatic heterocycles. The van der Waals surface area contributed by atoms with E-state index in [1.165, 1.54) is 23.3 Å². The maximum atomic E-state index is 12.5. The molecule has 0 atom stereocenters. The number of fused-ring (bicyclic) bond motifs is 1. The van der Waals surface area contributed by atoms with Gasteiger partial charge in [0.15, 0.2) is 0 Å². The number of aryl methyl sites for hydroxylation is 2. The van der Waals surface area contributed by atoms with Crippen LogP contribution >= 0.6 is 27.3 Å². The molecule has 0 spiro atoms.